The van der Waals surface area contributed by atoms with Gasteiger partial charge in [-0.05, 0) is 96.5 Å². The molecule has 0 amide bonds. The van der Waals surface area contributed by atoms with Gasteiger partial charge in [0.2, 0.25) is 0 Å². The molecule has 0 saturated carbocycles. The Bertz CT molecular complexity index is 2030. The number of rotatable bonds is 38. The third-order valence-electron chi connectivity index (χ3n) is 13.9. The molecule has 6 nitrogen and oxygen atoms in total. The van der Waals surface area contributed by atoms with Gasteiger partial charge < -0.3 is 9.11 Å². The summed E-state index contributed by atoms with van der Waals surface area (Å²) >= 11 is 0. The van der Waals surface area contributed by atoms with Crippen molar-refractivity contribution in [2.24, 2.45) is 0 Å². The van der Waals surface area contributed by atoms with Crippen molar-refractivity contribution in [3.8, 4) is 0 Å². The fourth-order valence-corrected chi connectivity index (χ4v) is 11.6. The topological polar surface area (TPSA) is 114 Å². The number of fused-ring (bicyclic) bond motifs is 2. The van der Waals surface area contributed by atoms with Gasteiger partial charge in [-0.3, -0.25) is 0 Å². The SMILES string of the molecule is CCCCCCCCCCc1cc(S(=O)(=O)[O-])c2c(CCCCCCCCCC)cccc2c1.CCCCCCCCCCc1cc(S(=O)(=O)[O-])c2c(CCCCCCCCCC)cccc2c1.[Ca+2]. The van der Waals surface area contributed by atoms with Crippen LogP contribution in [-0.2, 0) is 45.9 Å². The van der Waals surface area contributed by atoms with Crippen molar-refractivity contribution in [3.63, 3.8) is 0 Å². The van der Waals surface area contributed by atoms with Crippen molar-refractivity contribution < 1.29 is 25.9 Å². The van der Waals surface area contributed by atoms with Crippen molar-refractivity contribution in [1.29, 1.82) is 0 Å². The second-order valence-electron chi connectivity index (χ2n) is 20.0. The van der Waals surface area contributed by atoms with Gasteiger partial charge in [0.15, 0.2) is 0 Å². The Morgan fingerprint density at radius 1 is 0.333 bits per heavy atom. The third kappa shape index (κ3) is 26.3. The molecule has 0 saturated heterocycles. The first-order chi connectivity index (χ1) is 32.9. The molecule has 69 heavy (non-hydrogen) atoms. The fourth-order valence-electron chi connectivity index (χ4n) is 9.97. The summed E-state index contributed by atoms with van der Waals surface area (Å²) in [6, 6.07) is 19.4. The summed E-state index contributed by atoms with van der Waals surface area (Å²) in [6.07, 6.45) is 43.0. The Morgan fingerprint density at radius 2 is 0.580 bits per heavy atom. The standard InChI is InChI=1S/2C30H48O3S.Ca/c2*1-3-5-7-9-11-13-15-17-20-26-24-28-23-19-22-27(30(28)29(25-26)34(31,32)33)21-18-16-14-12-10-8-6-4-2;/h2*19,22-25H,3-18,20-21H2,1-2H3,(H,31,32,33);/q;;+2/p-2. The quantitative estimate of drug-likeness (QED) is 0.0251. The van der Waals surface area contributed by atoms with Crippen molar-refractivity contribution in [2.75, 3.05) is 0 Å². The molecule has 4 rings (SSSR count). The summed E-state index contributed by atoms with van der Waals surface area (Å²) < 4.78 is 73.2. The fraction of sp³-hybridized carbons (Fsp3) is 0.667. The van der Waals surface area contributed by atoms with Crippen molar-refractivity contribution in [2.45, 2.75) is 269 Å². The van der Waals surface area contributed by atoms with E-state index in [2.05, 4.69) is 39.8 Å². The Kier molecular flexibility index (Phi) is 35.1. The van der Waals surface area contributed by atoms with Gasteiger partial charge in [-0.25, -0.2) is 16.8 Å². The van der Waals surface area contributed by atoms with Gasteiger partial charge in [-0.15, -0.1) is 0 Å². The molecule has 0 heterocycles. The largest absolute Gasteiger partial charge is 2.00 e. The number of hydrogen-bond acceptors (Lipinski definition) is 6. The third-order valence-corrected chi connectivity index (χ3v) is 15.7. The second-order valence-corrected chi connectivity index (χ2v) is 22.7. The van der Waals surface area contributed by atoms with E-state index in [0.717, 1.165) is 110 Å². The van der Waals surface area contributed by atoms with Crippen LogP contribution in [0.15, 0.2) is 70.5 Å². The monoisotopic (exact) mass is 1010 g/mol. The normalized spacial score (nSPS) is 11.8. The van der Waals surface area contributed by atoms with Gasteiger partial charge in [0.25, 0.3) is 0 Å². The molecule has 4 aromatic rings. The first kappa shape index (κ1) is 63.6. The molecular weight excluding hydrogens is 921 g/mol. The summed E-state index contributed by atoms with van der Waals surface area (Å²) in [7, 11) is -9.04. The molecule has 0 N–H and O–H groups in total. The van der Waals surface area contributed by atoms with E-state index in [1.807, 2.05) is 36.4 Å². The van der Waals surface area contributed by atoms with Crippen LogP contribution in [0, 0.1) is 0 Å². The van der Waals surface area contributed by atoms with Crippen LogP contribution in [-0.4, -0.2) is 63.7 Å². The van der Waals surface area contributed by atoms with E-state index in [9.17, 15) is 25.9 Å². The molecule has 4 aromatic carbocycles. The smallest absolute Gasteiger partial charge is 0.744 e. The van der Waals surface area contributed by atoms with Crippen molar-refractivity contribution in [1.82, 2.24) is 0 Å². The first-order valence-electron chi connectivity index (χ1n) is 27.9. The van der Waals surface area contributed by atoms with Crippen LogP contribution in [0.5, 0.6) is 0 Å². The number of aryl methyl sites for hydroxylation is 4. The molecule has 0 bridgehead atoms. The van der Waals surface area contributed by atoms with Gasteiger partial charge in [0.1, 0.15) is 20.2 Å². The molecule has 0 spiro atoms. The maximum absolute atomic E-state index is 12.2. The molecular formula is C60H94CaO6S2. The minimum Gasteiger partial charge on any atom is -0.744 e. The van der Waals surface area contributed by atoms with Crippen LogP contribution < -0.4 is 0 Å². The van der Waals surface area contributed by atoms with E-state index in [4.69, 9.17) is 0 Å². The zero-order chi connectivity index (χ0) is 49.3. The molecule has 0 fully saturated rings. The van der Waals surface area contributed by atoms with Gasteiger partial charge in [0, 0.05) is 10.8 Å². The Hall–Kier alpha value is -1.52. The van der Waals surface area contributed by atoms with Gasteiger partial charge in [-0.1, -0.05) is 256 Å². The minimum absolute atomic E-state index is 0. The van der Waals surface area contributed by atoms with E-state index in [0.29, 0.717) is 10.8 Å². The van der Waals surface area contributed by atoms with Crippen LogP contribution in [0.4, 0.5) is 0 Å². The van der Waals surface area contributed by atoms with Gasteiger partial charge in [-0.2, -0.15) is 0 Å². The van der Waals surface area contributed by atoms with Crippen molar-refractivity contribution in [3.05, 3.63) is 82.9 Å². The first-order valence-corrected chi connectivity index (χ1v) is 30.8. The molecule has 9 heteroatoms. The average Bonchev–Trinajstić information content (AvgIpc) is 3.31. The molecule has 0 atom stereocenters. The molecule has 384 valence electrons. The van der Waals surface area contributed by atoms with Crippen LogP contribution >= 0.6 is 0 Å². The predicted molar refractivity (Wildman–Crippen MR) is 295 cm³/mol. The maximum atomic E-state index is 12.2. The van der Waals surface area contributed by atoms with Gasteiger partial charge >= 0.3 is 37.7 Å². The Morgan fingerprint density at radius 3 is 0.841 bits per heavy atom. The summed E-state index contributed by atoms with van der Waals surface area (Å²) in [6.45, 7) is 8.94. The summed E-state index contributed by atoms with van der Waals surface area (Å²) in [4.78, 5) is -0.0375. The number of unbranched alkanes of at least 4 members (excludes halogenated alkanes) is 28. The summed E-state index contributed by atoms with van der Waals surface area (Å²) in [5.74, 6) is 0. The average molecular weight is 1020 g/mol. The zero-order valence-electron chi connectivity index (χ0n) is 44.2. The van der Waals surface area contributed by atoms with E-state index < -0.39 is 20.2 Å². The molecule has 0 aliphatic rings. The summed E-state index contributed by atoms with van der Waals surface area (Å²) in [5, 5.41) is 3.09. The number of benzene rings is 4. The molecule has 0 aliphatic heterocycles. The maximum Gasteiger partial charge on any atom is 2.00 e. The molecule has 0 aromatic heterocycles. The van der Waals surface area contributed by atoms with E-state index in [1.165, 1.54) is 154 Å². The zero-order valence-corrected chi connectivity index (χ0v) is 48.0. The van der Waals surface area contributed by atoms with Crippen LogP contribution in [0.3, 0.4) is 0 Å². The molecule has 0 radical (unpaired) electrons. The predicted octanol–water partition coefficient (Wildman–Crippen LogP) is 17.8. The Labute approximate surface area is 453 Å². The van der Waals surface area contributed by atoms with Crippen molar-refractivity contribution >= 4 is 79.5 Å². The van der Waals surface area contributed by atoms with Crippen LogP contribution in [0.25, 0.3) is 21.5 Å². The van der Waals surface area contributed by atoms with Crippen LogP contribution in [0.2, 0.25) is 0 Å². The van der Waals surface area contributed by atoms with E-state index in [1.54, 1.807) is 12.1 Å². The van der Waals surface area contributed by atoms with E-state index in [-0.39, 0.29) is 47.5 Å². The Balaban J connectivity index is 0.000000467. The van der Waals surface area contributed by atoms with Crippen LogP contribution in [0.1, 0.15) is 255 Å². The second kappa shape index (κ2) is 38.1. The van der Waals surface area contributed by atoms with Gasteiger partial charge in [0.05, 0.1) is 9.79 Å². The number of hydrogen-bond donors (Lipinski definition) is 0. The molecule has 0 aliphatic carbocycles. The summed E-state index contributed by atoms with van der Waals surface area (Å²) in [5.41, 5.74) is 3.93. The molecule has 0 unspecified atom stereocenters. The minimum atomic E-state index is -4.52. The van der Waals surface area contributed by atoms with E-state index >= 15 is 0 Å².